The van der Waals surface area contributed by atoms with E-state index in [1.165, 1.54) is 24.0 Å². The Balaban J connectivity index is 1.42. The highest BCUT2D eigenvalue weighted by Crippen LogP contribution is 2.49. The van der Waals surface area contributed by atoms with Crippen LogP contribution in [-0.4, -0.2) is 35.9 Å². The van der Waals surface area contributed by atoms with Gasteiger partial charge in [0.1, 0.15) is 9.71 Å². The van der Waals surface area contributed by atoms with Crippen LogP contribution in [0.3, 0.4) is 0 Å². The molecule has 1 saturated carbocycles. The molecule has 1 aliphatic rings. The molecule has 0 saturated heterocycles. The van der Waals surface area contributed by atoms with Crippen LogP contribution in [0.4, 0.5) is 5.69 Å². The molecule has 0 unspecified atom stereocenters. The largest absolute Gasteiger partial charge is 0.465 e. The van der Waals surface area contributed by atoms with Crippen LogP contribution < -0.4 is 5.32 Å². The quantitative estimate of drug-likeness (QED) is 0.332. The Hall–Kier alpha value is -3.07. The summed E-state index contributed by atoms with van der Waals surface area (Å²) in [4.78, 5) is 34.0. The van der Waals surface area contributed by atoms with Gasteiger partial charge in [0, 0.05) is 18.5 Å². The molecule has 1 fully saturated rings. The topological polar surface area (TPSA) is 71.5 Å². The lowest BCUT2D eigenvalue weighted by Crippen LogP contribution is -2.28. The zero-order valence-corrected chi connectivity index (χ0v) is 20.7. The molecule has 174 valence electrons. The molecule has 0 radical (unpaired) electrons. The minimum Gasteiger partial charge on any atom is -0.465 e. The van der Waals surface area contributed by atoms with E-state index in [1.807, 2.05) is 42.5 Å². The van der Waals surface area contributed by atoms with Gasteiger partial charge in [-0.2, -0.15) is 11.3 Å². The summed E-state index contributed by atoms with van der Waals surface area (Å²) in [5.41, 5.74) is 3.13. The van der Waals surface area contributed by atoms with E-state index in [9.17, 15) is 9.59 Å². The summed E-state index contributed by atoms with van der Waals surface area (Å²) < 4.78 is 5.01. The second-order valence-electron chi connectivity index (χ2n) is 8.66. The van der Waals surface area contributed by atoms with Crippen molar-refractivity contribution in [1.29, 1.82) is 0 Å². The lowest BCUT2D eigenvalue weighted by atomic mass is 9.95. The number of carbonyl (C=O) groups excluding carboxylic acids is 2. The number of ether oxygens (including phenoxy) is 1. The molecule has 4 aromatic rings. The molecular weight excluding hydrogens is 466 g/mol. The van der Waals surface area contributed by atoms with Crippen LogP contribution in [0.5, 0.6) is 0 Å². The normalized spacial score (nSPS) is 14.3. The summed E-state index contributed by atoms with van der Waals surface area (Å²) in [5, 5.41) is 8.04. The first-order valence-corrected chi connectivity index (χ1v) is 12.8. The van der Waals surface area contributed by atoms with Crippen LogP contribution in [0.2, 0.25) is 0 Å². The van der Waals surface area contributed by atoms with Gasteiger partial charge in [-0.1, -0.05) is 30.3 Å². The summed E-state index contributed by atoms with van der Waals surface area (Å²) in [6, 6.07) is 15.8. The Morgan fingerprint density at radius 2 is 1.91 bits per heavy atom. The smallest absolute Gasteiger partial charge is 0.350 e. The molecule has 34 heavy (non-hydrogen) atoms. The van der Waals surface area contributed by atoms with Gasteiger partial charge in [0.05, 0.1) is 23.9 Å². The lowest BCUT2D eigenvalue weighted by Gasteiger charge is -2.16. The highest BCUT2D eigenvalue weighted by Gasteiger charge is 2.51. The minimum absolute atomic E-state index is 0.0943. The molecule has 0 aliphatic heterocycles. The first-order valence-electron chi connectivity index (χ1n) is 11.1. The van der Waals surface area contributed by atoms with Crippen LogP contribution in [0.25, 0.3) is 10.2 Å². The number of methoxy groups -OCH3 is 1. The van der Waals surface area contributed by atoms with Crippen LogP contribution in [-0.2, 0) is 28.0 Å². The van der Waals surface area contributed by atoms with Crippen LogP contribution >= 0.6 is 22.7 Å². The third kappa shape index (κ3) is 4.36. The highest BCUT2D eigenvalue weighted by molar-refractivity contribution is 7.21. The van der Waals surface area contributed by atoms with E-state index in [2.05, 4.69) is 34.1 Å². The average molecular weight is 492 g/mol. The Kier molecular flexibility index (Phi) is 6.20. The molecule has 1 amide bonds. The third-order valence-electron chi connectivity index (χ3n) is 6.20. The number of benzene rings is 1. The first-order chi connectivity index (χ1) is 16.5. The number of aromatic nitrogens is 1. The summed E-state index contributed by atoms with van der Waals surface area (Å²) >= 11 is 2.94. The number of fused-ring (bicyclic) bond motifs is 1. The van der Waals surface area contributed by atoms with Gasteiger partial charge in [0.2, 0.25) is 5.91 Å². The Morgan fingerprint density at radius 1 is 1.12 bits per heavy atom. The zero-order valence-electron chi connectivity index (χ0n) is 19.0. The Morgan fingerprint density at radius 3 is 2.59 bits per heavy atom. The number of esters is 1. The zero-order chi connectivity index (χ0) is 23.7. The molecule has 6 nitrogen and oxygen atoms in total. The maximum absolute atomic E-state index is 13.4. The maximum Gasteiger partial charge on any atom is 0.350 e. The third-order valence-corrected chi connectivity index (χ3v) is 8.01. The fourth-order valence-electron chi connectivity index (χ4n) is 4.25. The predicted molar refractivity (Wildman–Crippen MR) is 136 cm³/mol. The lowest BCUT2D eigenvalue weighted by molar-refractivity contribution is -0.118. The van der Waals surface area contributed by atoms with Crippen molar-refractivity contribution in [2.75, 3.05) is 19.5 Å². The van der Waals surface area contributed by atoms with Gasteiger partial charge in [0.25, 0.3) is 0 Å². The number of hydrogen-bond acceptors (Lipinski definition) is 7. The van der Waals surface area contributed by atoms with E-state index in [1.54, 1.807) is 11.3 Å². The number of pyridine rings is 1. The van der Waals surface area contributed by atoms with Gasteiger partial charge in [-0.15, -0.1) is 11.3 Å². The van der Waals surface area contributed by atoms with E-state index in [0.717, 1.165) is 36.0 Å². The number of carbonyl (C=O) groups is 2. The number of hydrogen-bond donors (Lipinski definition) is 1. The van der Waals surface area contributed by atoms with Crippen molar-refractivity contribution in [2.24, 2.45) is 0 Å². The van der Waals surface area contributed by atoms with E-state index in [4.69, 9.17) is 9.72 Å². The van der Waals surface area contributed by atoms with E-state index < -0.39 is 11.4 Å². The molecule has 3 heterocycles. The minimum atomic E-state index is -0.541. The molecule has 1 aliphatic carbocycles. The van der Waals surface area contributed by atoms with E-state index in [-0.39, 0.29) is 5.91 Å². The number of amides is 1. The molecule has 3 aromatic heterocycles. The number of rotatable bonds is 8. The van der Waals surface area contributed by atoms with Gasteiger partial charge in [0.15, 0.2) is 0 Å². The second-order valence-corrected chi connectivity index (χ2v) is 10.4. The highest BCUT2D eigenvalue weighted by atomic mass is 32.1. The number of thiophene rings is 2. The number of nitrogens with one attached hydrogen (secondary N) is 1. The van der Waals surface area contributed by atoms with Gasteiger partial charge in [-0.05, 0) is 60.0 Å². The number of anilines is 1. The summed E-state index contributed by atoms with van der Waals surface area (Å²) in [6.45, 7) is 1.51. The maximum atomic E-state index is 13.4. The summed E-state index contributed by atoms with van der Waals surface area (Å²) in [6.07, 6.45) is 1.58. The average Bonchev–Trinajstić information content (AvgIpc) is 3.38. The van der Waals surface area contributed by atoms with Crippen LogP contribution in [0.1, 0.15) is 39.3 Å². The van der Waals surface area contributed by atoms with Crippen molar-refractivity contribution in [3.63, 3.8) is 0 Å². The number of nitrogens with zero attached hydrogens (tertiary/aromatic N) is 2. The van der Waals surface area contributed by atoms with Gasteiger partial charge >= 0.3 is 5.97 Å². The van der Waals surface area contributed by atoms with E-state index >= 15 is 0 Å². The van der Waals surface area contributed by atoms with Crippen LogP contribution in [0, 0.1) is 0 Å². The fourth-order valence-corrected chi connectivity index (χ4v) is 5.98. The standard InChI is InChI=1S/C26H25N3O3S2/c1-29(14-17-10-13-33-16-17)15-19-8-9-20-21(22(24(30)32-2)34-23(20)27-19)28-25(31)26(11-12-26)18-6-4-3-5-7-18/h3-10,13,16H,11-12,14-15H2,1-2H3,(H,28,31). The molecule has 0 spiro atoms. The van der Waals surface area contributed by atoms with Crippen molar-refractivity contribution >= 4 is 50.5 Å². The molecule has 0 atom stereocenters. The predicted octanol–water partition coefficient (Wildman–Crippen LogP) is 5.45. The molecule has 8 heteroatoms. The monoisotopic (exact) mass is 491 g/mol. The molecule has 5 rings (SSSR count). The first kappa shape index (κ1) is 22.7. The molecule has 1 N–H and O–H groups in total. The van der Waals surface area contributed by atoms with Crippen molar-refractivity contribution in [1.82, 2.24) is 9.88 Å². The van der Waals surface area contributed by atoms with Gasteiger partial charge in [-0.3, -0.25) is 9.69 Å². The summed E-state index contributed by atoms with van der Waals surface area (Å²) in [5.74, 6) is -0.567. The summed E-state index contributed by atoms with van der Waals surface area (Å²) in [7, 11) is 3.41. The van der Waals surface area contributed by atoms with Crippen molar-refractivity contribution in [2.45, 2.75) is 31.3 Å². The second kappa shape index (κ2) is 9.29. The van der Waals surface area contributed by atoms with Crippen molar-refractivity contribution in [3.05, 3.63) is 81.0 Å². The Bertz CT molecular complexity index is 1330. The van der Waals surface area contributed by atoms with Gasteiger partial charge < -0.3 is 10.1 Å². The molecular formula is C26H25N3O3S2. The van der Waals surface area contributed by atoms with Crippen molar-refractivity contribution < 1.29 is 14.3 Å². The molecule has 1 aromatic carbocycles. The SMILES string of the molecule is COC(=O)c1sc2nc(CN(C)Cc3ccsc3)ccc2c1NC(=O)C1(c2ccccc2)CC1. The Labute approximate surface area is 206 Å². The van der Waals surface area contributed by atoms with Crippen molar-refractivity contribution in [3.8, 4) is 0 Å². The van der Waals surface area contributed by atoms with E-state index in [0.29, 0.717) is 21.9 Å². The molecule has 0 bridgehead atoms. The fraction of sp³-hybridized carbons (Fsp3) is 0.269. The van der Waals surface area contributed by atoms with Gasteiger partial charge in [-0.25, -0.2) is 9.78 Å². The van der Waals surface area contributed by atoms with Crippen LogP contribution in [0.15, 0.2) is 59.3 Å².